The summed E-state index contributed by atoms with van der Waals surface area (Å²) in [4.78, 5) is 0. The van der Waals surface area contributed by atoms with Gasteiger partial charge in [-0.15, -0.1) is 10.2 Å². The van der Waals surface area contributed by atoms with Crippen molar-refractivity contribution in [1.82, 2.24) is 14.8 Å². The van der Waals surface area contributed by atoms with Gasteiger partial charge in [-0.3, -0.25) is 4.57 Å². The summed E-state index contributed by atoms with van der Waals surface area (Å²) < 4.78 is 24.6. The summed E-state index contributed by atoms with van der Waals surface area (Å²) >= 11 is 12.1. The number of aromatic nitrogens is 3. The van der Waals surface area contributed by atoms with E-state index in [1.54, 1.807) is 18.2 Å². The van der Waals surface area contributed by atoms with Crippen LogP contribution >= 0.6 is 33.9 Å². The highest BCUT2D eigenvalue weighted by atomic mass is 35.7. The van der Waals surface area contributed by atoms with Crippen LogP contribution in [0.1, 0.15) is 18.9 Å². The maximum absolute atomic E-state index is 11.6. The highest BCUT2D eigenvalue weighted by Gasteiger charge is 2.34. The molecule has 0 spiro atoms. The van der Waals surface area contributed by atoms with Crippen molar-refractivity contribution in [3.63, 3.8) is 0 Å². The SMILES string of the molecule is O=S(=O)(Cl)c1nnc(-c2cccc(Cl)c2Cl)n1C1CC1. The fourth-order valence-corrected chi connectivity index (χ4v) is 3.27. The molecule has 9 heteroatoms. The number of rotatable bonds is 3. The maximum Gasteiger partial charge on any atom is 0.296 e. The number of hydrogen-bond acceptors (Lipinski definition) is 4. The summed E-state index contributed by atoms with van der Waals surface area (Å²) in [5.74, 6) is 0.360. The zero-order chi connectivity index (χ0) is 14.5. The first-order valence-electron chi connectivity index (χ1n) is 5.73. The second-order valence-electron chi connectivity index (χ2n) is 4.45. The number of nitrogens with zero attached hydrogens (tertiary/aromatic N) is 3. The quantitative estimate of drug-likeness (QED) is 0.793. The topological polar surface area (TPSA) is 64.8 Å². The van der Waals surface area contributed by atoms with Crippen LogP contribution in [0.2, 0.25) is 10.0 Å². The smallest absolute Gasteiger partial charge is 0.294 e. The van der Waals surface area contributed by atoms with Crippen molar-refractivity contribution in [1.29, 1.82) is 0 Å². The molecule has 5 nitrogen and oxygen atoms in total. The minimum absolute atomic E-state index is 0.0265. The molecule has 1 aliphatic rings. The Morgan fingerprint density at radius 3 is 2.50 bits per heavy atom. The number of benzene rings is 1. The van der Waals surface area contributed by atoms with E-state index in [0.717, 1.165) is 12.8 Å². The molecule has 1 saturated carbocycles. The fraction of sp³-hybridized carbons (Fsp3) is 0.273. The van der Waals surface area contributed by atoms with Gasteiger partial charge in [0.25, 0.3) is 14.2 Å². The lowest BCUT2D eigenvalue weighted by atomic mass is 10.2. The molecule has 2 aromatic rings. The van der Waals surface area contributed by atoms with Crippen molar-refractivity contribution in [2.24, 2.45) is 0 Å². The first-order chi connectivity index (χ1) is 9.39. The molecular weight excluding hydrogens is 345 g/mol. The van der Waals surface area contributed by atoms with E-state index in [1.165, 1.54) is 4.57 Å². The summed E-state index contributed by atoms with van der Waals surface area (Å²) in [6, 6.07) is 5.09. The second-order valence-corrected chi connectivity index (χ2v) is 7.69. The molecule has 0 bridgehead atoms. The minimum Gasteiger partial charge on any atom is -0.294 e. The van der Waals surface area contributed by atoms with Crippen molar-refractivity contribution in [3.8, 4) is 11.4 Å². The van der Waals surface area contributed by atoms with Crippen LogP contribution in [0.25, 0.3) is 11.4 Å². The molecule has 3 rings (SSSR count). The zero-order valence-corrected chi connectivity index (χ0v) is 13.0. The summed E-state index contributed by atoms with van der Waals surface area (Å²) in [7, 11) is 1.43. The number of hydrogen-bond donors (Lipinski definition) is 0. The van der Waals surface area contributed by atoms with Crippen LogP contribution in [0.5, 0.6) is 0 Å². The first kappa shape index (κ1) is 14.1. The normalized spacial score (nSPS) is 15.6. The summed E-state index contributed by atoms with van der Waals surface area (Å²) in [6.07, 6.45) is 1.70. The molecule has 0 radical (unpaired) electrons. The van der Waals surface area contributed by atoms with E-state index in [2.05, 4.69) is 10.2 Å². The van der Waals surface area contributed by atoms with E-state index < -0.39 is 9.05 Å². The van der Waals surface area contributed by atoms with Gasteiger partial charge in [0.15, 0.2) is 5.82 Å². The molecule has 0 unspecified atom stereocenters. The molecule has 1 heterocycles. The minimum atomic E-state index is -3.96. The Bertz CT molecular complexity index is 784. The van der Waals surface area contributed by atoms with Gasteiger partial charge in [0, 0.05) is 22.3 Å². The van der Waals surface area contributed by atoms with Gasteiger partial charge in [0.05, 0.1) is 10.0 Å². The van der Waals surface area contributed by atoms with E-state index in [4.69, 9.17) is 33.9 Å². The van der Waals surface area contributed by atoms with Gasteiger partial charge in [-0.1, -0.05) is 29.3 Å². The largest absolute Gasteiger partial charge is 0.296 e. The lowest BCUT2D eigenvalue weighted by molar-refractivity contribution is 0.579. The molecule has 0 aliphatic heterocycles. The Morgan fingerprint density at radius 1 is 1.20 bits per heavy atom. The average Bonchev–Trinajstić information content (AvgIpc) is 3.10. The van der Waals surface area contributed by atoms with E-state index in [1.807, 2.05) is 0 Å². The molecule has 1 aliphatic carbocycles. The van der Waals surface area contributed by atoms with E-state index in [0.29, 0.717) is 21.4 Å². The van der Waals surface area contributed by atoms with Crippen LogP contribution in [0.4, 0.5) is 0 Å². The predicted molar refractivity (Wildman–Crippen MR) is 76.8 cm³/mol. The fourth-order valence-electron chi connectivity index (χ4n) is 1.97. The molecule has 1 aromatic carbocycles. The van der Waals surface area contributed by atoms with Crippen LogP contribution < -0.4 is 0 Å². The van der Waals surface area contributed by atoms with Gasteiger partial charge in [-0.25, -0.2) is 8.42 Å². The van der Waals surface area contributed by atoms with Gasteiger partial charge in [0.2, 0.25) is 0 Å². The van der Waals surface area contributed by atoms with Crippen molar-refractivity contribution < 1.29 is 8.42 Å². The molecule has 106 valence electrons. The Labute approximate surface area is 129 Å². The molecule has 0 atom stereocenters. The third kappa shape index (κ3) is 2.41. The third-order valence-electron chi connectivity index (χ3n) is 2.99. The molecule has 0 amide bonds. The van der Waals surface area contributed by atoms with Crippen molar-refractivity contribution in [2.45, 2.75) is 24.0 Å². The molecule has 0 N–H and O–H groups in total. The van der Waals surface area contributed by atoms with E-state index >= 15 is 0 Å². The van der Waals surface area contributed by atoms with Crippen molar-refractivity contribution >= 4 is 42.9 Å². The molecule has 20 heavy (non-hydrogen) atoms. The Balaban J connectivity index is 2.25. The van der Waals surface area contributed by atoms with Crippen LogP contribution in [-0.2, 0) is 9.05 Å². The lowest BCUT2D eigenvalue weighted by Crippen LogP contribution is -2.06. The van der Waals surface area contributed by atoms with Gasteiger partial charge >= 0.3 is 0 Å². The van der Waals surface area contributed by atoms with Crippen LogP contribution in [0.3, 0.4) is 0 Å². The maximum atomic E-state index is 11.6. The Morgan fingerprint density at radius 2 is 1.90 bits per heavy atom. The monoisotopic (exact) mass is 351 g/mol. The highest BCUT2D eigenvalue weighted by Crippen LogP contribution is 2.42. The standard InChI is InChI=1S/C11H8Cl3N3O2S/c12-8-3-1-2-7(9(8)13)10-15-16-11(20(14,18)19)17(10)6-4-5-6/h1-3,6H,4-5H2. The third-order valence-corrected chi connectivity index (χ3v) is 4.93. The van der Waals surface area contributed by atoms with Gasteiger partial charge in [-0.05, 0) is 25.0 Å². The summed E-state index contributed by atoms with van der Waals surface area (Å²) in [5, 5.41) is 8.03. The predicted octanol–water partition coefficient (Wildman–Crippen LogP) is 3.51. The van der Waals surface area contributed by atoms with Crippen molar-refractivity contribution in [3.05, 3.63) is 28.2 Å². The molecule has 1 fully saturated rings. The Kier molecular flexibility index (Phi) is 3.44. The van der Waals surface area contributed by atoms with E-state index in [9.17, 15) is 8.42 Å². The molecule has 1 aromatic heterocycles. The van der Waals surface area contributed by atoms with Gasteiger partial charge in [0.1, 0.15) is 0 Å². The van der Waals surface area contributed by atoms with Crippen LogP contribution in [0.15, 0.2) is 23.4 Å². The van der Waals surface area contributed by atoms with Crippen molar-refractivity contribution in [2.75, 3.05) is 0 Å². The highest BCUT2D eigenvalue weighted by molar-refractivity contribution is 8.13. The van der Waals surface area contributed by atoms with Crippen LogP contribution in [-0.4, -0.2) is 23.2 Å². The second kappa shape index (κ2) is 4.87. The average molecular weight is 353 g/mol. The number of halogens is 3. The van der Waals surface area contributed by atoms with Gasteiger partial charge < -0.3 is 0 Å². The lowest BCUT2D eigenvalue weighted by Gasteiger charge is -2.09. The van der Waals surface area contributed by atoms with Crippen LogP contribution in [0, 0.1) is 0 Å². The van der Waals surface area contributed by atoms with Gasteiger partial charge in [-0.2, -0.15) is 0 Å². The van der Waals surface area contributed by atoms with E-state index in [-0.39, 0.29) is 11.2 Å². The first-order valence-corrected chi connectivity index (χ1v) is 8.80. The summed E-state index contributed by atoms with van der Waals surface area (Å²) in [5.41, 5.74) is 0.533. The zero-order valence-electron chi connectivity index (χ0n) is 9.92. The summed E-state index contributed by atoms with van der Waals surface area (Å²) in [6.45, 7) is 0. The molecular formula is C11H8Cl3N3O2S. The Hall–Kier alpha value is -0.820. The molecule has 0 saturated heterocycles.